The summed E-state index contributed by atoms with van der Waals surface area (Å²) in [4.78, 5) is 4.61. The van der Waals surface area contributed by atoms with Crippen LogP contribution in [0.3, 0.4) is 0 Å². The molecule has 2 aromatic rings. The Morgan fingerprint density at radius 2 is 1.79 bits per heavy atom. The zero-order chi connectivity index (χ0) is 13.9. The predicted molar refractivity (Wildman–Crippen MR) is 82.2 cm³/mol. The fourth-order valence-electron chi connectivity index (χ4n) is 2.15. The lowest BCUT2D eigenvalue weighted by molar-refractivity contribution is 0.578. The second kappa shape index (κ2) is 5.41. The maximum absolute atomic E-state index is 5.59. The number of rotatable bonds is 2. The first-order valence-electron chi connectivity index (χ1n) is 6.51. The van der Waals surface area contributed by atoms with Gasteiger partial charge in [-0.3, -0.25) is 4.99 Å². The standard InChI is InChI=1S/C16H21N3/c1-16(2,3)18-15(19-17)11-13-9-6-8-12-7-4-5-10-14(12)13/h4-10H,11,17H2,1-3H3,(H,18,19). The molecular formula is C16H21N3. The summed E-state index contributed by atoms with van der Waals surface area (Å²) in [6.45, 7) is 6.19. The van der Waals surface area contributed by atoms with Gasteiger partial charge >= 0.3 is 0 Å². The molecule has 2 rings (SSSR count). The Morgan fingerprint density at radius 1 is 1.11 bits per heavy atom. The zero-order valence-corrected chi connectivity index (χ0v) is 11.8. The molecular weight excluding hydrogens is 234 g/mol. The Morgan fingerprint density at radius 3 is 2.47 bits per heavy atom. The van der Waals surface area contributed by atoms with Gasteiger partial charge in [0.05, 0.1) is 5.54 Å². The number of nitrogens with one attached hydrogen (secondary N) is 1. The Bertz CT molecular complexity index is 589. The van der Waals surface area contributed by atoms with Crippen LogP contribution >= 0.6 is 0 Å². The van der Waals surface area contributed by atoms with E-state index in [0.717, 1.165) is 12.3 Å². The van der Waals surface area contributed by atoms with E-state index in [-0.39, 0.29) is 5.54 Å². The summed E-state index contributed by atoms with van der Waals surface area (Å²) in [6.07, 6.45) is 0.717. The molecule has 0 bridgehead atoms. The van der Waals surface area contributed by atoms with Gasteiger partial charge in [0.1, 0.15) is 5.84 Å². The van der Waals surface area contributed by atoms with Crippen LogP contribution in [0.1, 0.15) is 26.3 Å². The molecule has 0 saturated carbocycles. The van der Waals surface area contributed by atoms with E-state index < -0.39 is 0 Å². The Kier molecular flexibility index (Phi) is 3.86. The number of fused-ring (bicyclic) bond motifs is 1. The average Bonchev–Trinajstić information content (AvgIpc) is 2.37. The van der Waals surface area contributed by atoms with E-state index in [4.69, 9.17) is 5.84 Å². The van der Waals surface area contributed by atoms with Gasteiger partial charge < -0.3 is 5.43 Å². The normalized spacial score (nSPS) is 12.7. The molecule has 0 fully saturated rings. The van der Waals surface area contributed by atoms with Gasteiger partial charge in [-0.15, -0.1) is 0 Å². The molecule has 0 atom stereocenters. The Balaban J connectivity index is 2.38. The number of hydrogen-bond acceptors (Lipinski definition) is 2. The Hall–Kier alpha value is -1.87. The van der Waals surface area contributed by atoms with E-state index in [1.165, 1.54) is 16.3 Å². The van der Waals surface area contributed by atoms with Crippen molar-refractivity contribution in [2.45, 2.75) is 32.7 Å². The van der Waals surface area contributed by atoms with Crippen LogP contribution in [-0.4, -0.2) is 11.4 Å². The molecule has 3 heteroatoms. The monoisotopic (exact) mass is 255 g/mol. The molecule has 0 amide bonds. The van der Waals surface area contributed by atoms with Crippen LogP contribution in [-0.2, 0) is 6.42 Å². The number of benzene rings is 2. The van der Waals surface area contributed by atoms with Gasteiger partial charge in [-0.2, -0.15) is 0 Å². The maximum atomic E-state index is 5.59. The highest BCUT2D eigenvalue weighted by Crippen LogP contribution is 2.19. The first kappa shape index (κ1) is 13.6. The summed E-state index contributed by atoms with van der Waals surface area (Å²) in [6, 6.07) is 14.7. The highest BCUT2D eigenvalue weighted by molar-refractivity contribution is 5.92. The molecule has 0 aromatic heterocycles. The zero-order valence-electron chi connectivity index (χ0n) is 11.8. The summed E-state index contributed by atoms with van der Waals surface area (Å²) < 4.78 is 0. The lowest BCUT2D eigenvalue weighted by Crippen LogP contribution is -2.34. The summed E-state index contributed by atoms with van der Waals surface area (Å²) in [7, 11) is 0. The fraction of sp³-hybridized carbons (Fsp3) is 0.312. The van der Waals surface area contributed by atoms with Gasteiger partial charge in [-0.25, -0.2) is 5.84 Å². The first-order chi connectivity index (χ1) is 8.99. The van der Waals surface area contributed by atoms with Crippen LogP contribution in [0.2, 0.25) is 0 Å². The van der Waals surface area contributed by atoms with Crippen molar-refractivity contribution in [1.82, 2.24) is 5.43 Å². The molecule has 0 unspecified atom stereocenters. The number of hydrazine groups is 1. The molecule has 0 aliphatic rings. The smallest absolute Gasteiger partial charge is 0.115 e. The second-order valence-corrected chi connectivity index (χ2v) is 5.69. The van der Waals surface area contributed by atoms with Crippen LogP contribution in [0.25, 0.3) is 10.8 Å². The fourth-order valence-corrected chi connectivity index (χ4v) is 2.15. The van der Waals surface area contributed by atoms with Crippen molar-refractivity contribution >= 4 is 16.6 Å². The third kappa shape index (κ3) is 3.55. The summed E-state index contributed by atoms with van der Waals surface area (Å²) in [5.74, 6) is 6.40. The third-order valence-electron chi connectivity index (χ3n) is 2.87. The number of nitrogens with two attached hydrogens (primary N) is 1. The Labute approximate surface area is 114 Å². The minimum absolute atomic E-state index is 0.133. The van der Waals surface area contributed by atoms with E-state index in [2.05, 4.69) is 73.7 Å². The number of hydrogen-bond donors (Lipinski definition) is 2. The molecule has 19 heavy (non-hydrogen) atoms. The summed E-state index contributed by atoms with van der Waals surface area (Å²) >= 11 is 0. The van der Waals surface area contributed by atoms with Gasteiger partial charge in [-0.1, -0.05) is 42.5 Å². The molecule has 0 aliphatic heterocycles. The highest BCUT2D eigenvalue weighted by Gasteiger charge is 2.11. The van der Waals surface area contributed by atoms with Crippen molar-refractivity contribution in [1.29, 1.82) is 0 Å². The van der Waals surface area contributed by atoms with Crippen molar-refractivity contribution in [3.05, 3.63) is 48.0 Å². The highest BCUT2D eigenvalue weighted by atomic mass is 15.3. The van der Waals surface area contributed by atoms with E-state index in [1.54, 1.807) is 0 Å². The van der Waals surface area contributed by atoms with Crippen molar-refractivity contribution in [2.24, 2.45) is 10.8 Å². The van der Waals surface area contributed by atoms with Crippen LogP contribution in [0.4, 0.5) is 0 Å². The maximum Gasteiger partial charge on any atom is 0.115 e. The lowest BCUT2D eigenvalue weighted by Gasteiger charge is -2.16. The summed E-state index contributed by atoms with van der Waals surface area (Å²) in [5, 5.41) is 2.49. The van der Waals surface area contributed by atoms with Crippen molar-refractivity contribution in [3.8, 4) is 0 Å². The third-order valence-corrected chi connectivity index (χ3v) is 2.87. The van der Waals surface area contributed by atoms with Gasteiger partial charge in [0.15, 0.2) is 0 Å². The van der Waals surface area contributed by atoms with Gasteiger partial charge in [-0.05, 0) is 37.1 Å². The van der Waals surface area contributed by atoms with E-state index >= 15 is 0 Å². The van der Waals surface area contributed by atoms with E-state index in [1.807, 2.05) is 0 Å². The van der Waals surface area contributed by atoms with Crippen LogP contribution in [0, 0.1) is 0 Å². The first-order valence-corrected chi connectivity index (χ1v) is 6.51. The van der Waals surface area contributed by atoms with Crippen molar-refractivity contribution in [3.63, 3.8) is 0 Å². The number of amidine groups is 1. The second-order valence-electron chi connectivity index (χ2n) is 5.69. The molecule has 0 saturated heterocycles. The molecule has 2 aromatic carbocycles. The largest absolute Gasteiger partial charge is 0.312 e. The van der Waals surface area contributed by atoms with Gasteiger partial charge in [0, 0.05) is 6.42 Å². The molecule has 0 aliphatic carbocycles. The van der Waals surface area contributed by atoms with E-state index in [0.29, 0.717) is 0 Å². The average molecular weight is 255 g/mol. The minimum Gasteiger partial charge on any atom is -0.312 e. The number of nitrogens with zero attached hydrogens (tertiary/aromatic N) is 1. The lowest BCUT2D eigenvalue weighted by atomic mass is 10.0. The van der Waals surface area contributed by atoms with Crippen LogP contribution in [0.5, 0.6) is 0 Å². The molecule has 3 N–H and O–H groups in total. The predicted octanol–water partition coefficient (Wildman–Crippen LogP) is 3.04. The van der Waals surface area contributed by atoms with Gasteiger partial charge in [0.25, 0.3) is 0 Å². The van der Waals surface area contributed by atoms with Crippen LogP contribution in [0.15, 0.2) is 47.5 Å². The summed E-state index contributed by atoms with van der Waals surface area (Å²) in [5.41, 5.74) is 3.82. The molecule has 0 heterocycles. The molecule has 100 valence electrons. The van der Waals surface area contributed by atoms with Gasteiger partial charge in [0.2, 0.25) is 0 Å². The molecule has 0 radical (unpaired) electrons. The molecule has 0 spiro atoms. The van der Waals surface area contributed by atoms with Crippen molar-refractivity contribution < 1.29 is 0 Å². The quantitative estimate of drug-likeness (QED) is 0.375. The topological polar surface area (TPSA) is 50.4 Å². The van der Waals surface area contributed by atoms with Crippen molar-refractivity contribution in [2.75, 3.05) is 0 Å². The van der Waals surface area contributed by atoms with Crippen LogP contribution < -0.4 is 11.3 Å². The van der Waals surface area contributed by atoms with E-state index in [9.17, 15) is 0 Å². The SMILES string of the molecule is CC(C)(C)N=C(Cc1cccc2ccccc12)NN. The number of aliphatic imine (C=N–C) groups is 1. The minimum atomic E-state index is -0.133. The molecule has 3 nitrogen and oxygen atoms in total.